The van der Waals surface area contributed by atoms with Crippen LogP contribution in [0, 0.1) is 0 Å². The Balaban J connectivity index is 0.957. The fourth-order valence-electron chi connectivity index (χ4n) is 15.0. The largest absolute Gasteiger partial charge is 0.309 e. The van der Waals surface area contributed by atoms with E-state index in [0.717, 1.165) is 67.0 Å². The van der Waals surface area contributed by atoms with Gasteiger partial charge >= 0.3 is 0 Å². The molecule has 0 atom stereocenters. The van der Waals surface area contributed by atoms with Crippen LogP contribution >= 0.6 is 0 Å². The lowest BCUT2D eigenvalue weighted by atomic mass is 9.82. The summed E-state index contributed by atoms with van der Waals surface area (Å²) >= 11 is 0. The van der Waals surface area contributed by atoms with Crippen molar-refractivity contribution in [3.05, 3.63) is 301 Å². The first-order valence-corrected chi connectivity index (χ1v) is 29.4. The van der Waals surface area contributed by atoms with Crippen LogP contribution in [0.5, 0.6) is 0 Å². The van der Waals surface area contributed by atoms with Gasteiger partial charge in [0.15, 0.2) is 0 Å². The van der Waals surface area contributed by atoms with Gasteiger partial charge in [-0.25, -0.2) is 0 Å². The molecule has 4 nitrogen and oxygen atoms in total. The van der Waals surface area contributed by atoms with Crippen LogP contribution in [-0.4, -0.2) is 9.13 Å². The predicted octanol–water partition coefficient (Wildman–Crippen LogP) is 21.7. The molecule has 398 valence electrons. The fourth-order valence-corrected chi connectivity index (χ4v) is 15.0. The standard InChI is InChI=1S/C80H58N4/c1-79(2)69-35-19-15-27-57(69)59-43-39-55(49-71(59)79)81(53-41-45-75-67(47-53)61-29-17-21-37-73(61)83(75)51-23-7-5-8-24-51)77-63-31-11-13-33-65(63)78(66-34-14-12-32-64(66)77)82(56-40-44-60-58-28-16-20-36-70(58)80(3,4)72(60)50-56)54-42-46-76-68(48-54)62-30-18-22-38-74(62)84(76)52-25-9-6-10-26-52/h5-50H,1-4H3. The Kier molecular flexibility index (Phi) is 10.4. The quantitative estimate of drug-likeness (QED) is 0.111. The summed E-state index contributed by atoms with van der Waals surface area (Å²) in [6, 6.07) is 104. The van der Waals surface area contributed by atoms with E-state index in [1.165, 1.54) is 88.1 Å². The van der Waals surface area contributed by atoms with Crippen LogP contribution in [0.1, 0.15) is 49.9 Å². The van der Waals surface area contributed by atoms with Gasteiger partial charge < -0.3 is 18.9 Å². The molecule has 2 heterocycles. The monoisotopic (exact) mass is 1070 g/mol. The highest BCUT2D eigenvalue weighted by Crippen LogP contribution is 2.57. The van der Waals surface area contributed by atoms with Crippen LogP contribution in [0.4, 0.5) is 34.1 Å². The molecule has 0 N–H and O–H groups in total. The van der Waals surface area contributed by atoms with Crippen molar-refractivity contribution in [1.82, 2.24) is 9.13 Å². The lowest BCUT2D eigenvalue weighted by Gasteiger charge is -2.34. The highest BCUT2D eigenvalue weighted by Gasteiger charge is 2.38. The summed E-state index contributed by atoms with van der Waals surface area (Å²) < 4.78 is 4.83. The Morgan fingerprint density at radius 3 is 0.940 bits per heavy atom. The van der Waals surface area contributed by atoms with Crippen molar-refractivity contribution < 1.29 is 0 Å². The number of anilines is 6. The number of para-hydroxylation sites is 4. The zero-order valence-electron chi connectivity index (χ0n) is 47.3. The molecule has 84 heavy (non-hydrogen) atoms. The number of benzene rings is 13. The van der Waals surface area contributed by atoms with Crippen LogP contribution < -0.4 is 9.80 Å². The van der Waals surface area contributed by atoms with Gasteiger partial charge in [-0.2, -0.15) is 0 Å². The summed E-state index contributed by atoms with van der Waals surface area (Å²) in [5, 5.41) is 9.45. The molecule has 0 amide bonds. The third kappa shape index (κ3) is 6.88. The number of aromatic nitrogens is 2. The molecule has 0 unspecified atom stereocenters. The Bertz CT molecular complexity index is 4830. The van der Waals surface area contributed by atoms with Crippen LogP contribution in [0.25, 0.3) is 98.8 Å². The van der Waals surface area contributed by atoms with Gasteiger partial charge in [-0.1, -0.05) is 210 Å². The molecule has 0 aliphatic heterocycles. The average molecular weight is 1080 g/mol. The molecule has 0 spiro atoms. The van der Waals surface area contributed by atoms with E-state index >= 15 is 0 Å². The molecule has 2 aliphatic carbocycles. The van der Waals surface area contributed by atoms with Crippen molar-refractivity contribution >= 4 is 99.3 Å². The van der Waals surface area contributed by atoms with E-state index in [1.54, 1.807) is 0 Å². The maximum Gasteiger partial charge on any atom is 0.0619 e. The van der Waals surface area contributed by atoms with E-state index < -0.39 is 0 Å². The topological polar surface area (TPSA) is 16.3 Å². The molecule has 17 rings (SSSR count). The normalized spacial score (nSPS) is 13.7. The van der Waals surface area contributed by atoms with Crippen LogP contribution in [0.3, 0.4) is 0 Å². The third-order valence-corrected chi connectivity index (χ3v) is 18.8. The smallest absolute Gasteiger partial charge is 0.0619 e. The second-order valence-corrected chi connectivity index (χ2v) is 24.0. The molecule has 4 heteroatoms. The maximum atomic E-state index is 2.58. The lowest BCUT2D eigenvalue weighted by Crippen LogP contribution is -2.18. The lowest BCUT2D eigenvalue weighted by molar-refractivity contribution is 0.660. The Morgan fingerprint density at radius 2 is 0.536 bits per heavy atom. The summed E-state index contributed by atoms with van der Waals surface area (Å²) in [6.45, 7) is 9.56. The molecule has 0 bridgehead atoms. The minimum Gasteiger partial charge on any atom is -0.309 e. The van der Waals surface area contributed by atoms with Gasteiger partial charge in [0.2, 0.25) is 0 Å². The van der Waals surface area contributed by atoms with Gasteiger partial charge in [0.1, 0.15) is 0 Å². The van der Waals surface area contributed by atoms with Crippen molar-refractivity contribution in [2.75, 3.05) is 9.80 Å². The first kappa shape index (κ1) is 48.3. The zero-order valence-corrected chi connectivity index (χ0v) is 47.3. The molecule has 2 aromatic heterocycles. The molecular formula is C80H58N4. The maximum absolute atomic E-state index is 2.58. The van der Waals surface area contributed by atoms with Crippen molar-refractivity contribution in [1.29, 1.82) is 0 Å². The summed E-state index contributed by atoms with van der Waals surface area (Å²) in [4.78, 5) is 5.15. The number of hydrogen-bond donors (Lipinski definition) is 0. The summed E-state index contributed by atoms with van der Waals surface area (Å²) in [7, 11) is 0. The van der Waals surface area contributed by atoms with E-state index in [9.17, 15) is 0 Å². The second kappa shape index (κ2) is 18.0. The molecule has 0 radical (unpaired) electrons. The summed E-state index contributed by atoms with van der Waals surface area (Å²) in [5.74, 6) is 0. The minimum absolute atomic E-state index is 0.213. The SMILES string of the molecule is CC1(C)c2ccccc2-c2ccc(N(c3ccc4c(c3)c3ccccc3n4-c3ccccc3)c3c4ccccc4c(N(c4ccc5c(c4)C(C)(C)c4ccccc4-5)c4ccc5c(c4)c4ccccc4n5-c4ccccc4)c4ccccc34)cc21. The van der Waals surface area contributed by atoms with Gasteiger partial charge in [0.25, 0.3) is 0 Å². The second-order valence-electron chi connectivity index (χ2n) is 24.0. The number of nitrogens with zero attached hydrogens (tertiary/aromatic N) is 4. The van der Waals surface area contributed by atoms with Crippen molar-refractivity contribution in [2.45, 2.75) is 38.5 Å². The highest BCUT2D eigenvalue weighted by molar-refractivity contribution is 6.24. The number of rotatable bonds is 8. The average Bonchev–Trinajstić information content (AvgIpc) is 4.34. The number of hydrogen-bond acceptors (Lipinski definition) is 2. The van der Waals surface area contributed by atoms with E-state index in [2.05, 4.69) is 326 Å². The van der Waals surface area contributed by atoms with Crippen LogP contribution in [-0.2, 0) is 10.8 Å². The van der Waals surface area contributed by atoms with E-state index in [0.29, 0.717) is 0 Å². The van der Waals surface area contributed by atoms with Crippen LogP contribution in [0.15, 0.2) is 279 Å². The molecule has 0 fully saturated rings. The van der Waals surface area contributed by atoms with Crippen LogP contribution in [0.2, 0.25) is 0 Å². The summed E-state index contributed by atoms with van der Waals surface area (Å²) in [5.41, 5.74) is 23.8. The fraction of sp³-hybridized carbons (Fsp3) is 0.0750. The molecule has 13 aromatic carbocycles. The van der Waals surface area contributed by atoms with Crippen molar-refractivity contribution in [3.63, 3.8) is 0 Å². The first-order chi connectivity index (χ1) is 41.2. The van der Waals surface area contributed by atoms with Gasteiger partial charge in [-0.15, -0.1) is 0 Å². The van der Waals surface area contributed by atoms with Gasteiger partial charge in [-0.05, 0) is 142 Å². The van der Waals surface area contributed by atoms with Crippen molar-refractivity contribution in [3.8, 4) is 33.6 Å². The Hall–Kier alpha value is -10.4. The molecule has 0 saturated heterocycles. The van der Waals surface area contributed by atoms with Gasteiger partial charge in [-0.3, -0.25) is 0 Å². The van der Waals surface area contributed by atoms with E-state index in [4.69, 9.17) is 0 Å². The van der Waals surface area contributed by atoms with E-state index in [1.807, 2.05) is 0 Å². The Labute approximate surface area is 489 Å². The minimum atomic E-state index is -0.213. The third-order valence-electron chi connectivity index (χ3n) is 18.8. The molecule has 15 aromatic rings. The Morgan fingerprint density at radius 1 is 0.238 bits per heavy atom. The predicted molar refractivity (Wildman–Crippen MR) is 355 cm³/mol. The zero-order chi connectivity index (χ0) is 56.0. The van der Waals surface area contributed by atoms with E-state index in [-0.39, 0.29) is 10.8 Å². The molecular weight excluding hydrogens is 1020 g/mol. The number of fused-ring (bicyclic) bond motifs is 14. The molecule has 2 aliphatic rings. The summed E-state index contributed by atoms with van der Waals surface area (Å²) in [6.07, 6.45) is 0. The van der Waals surface area contributed by atoms with Crippen molar-refractivity contribution in [2.24, 2.45) is 0 Å². The van der Waals surface area contributed by atoms with Gasteiger partial charge in [0.05, 0.1) is 33.4 Å². The van der Waals surface area contributed by atoms with Gasteiger partial charge in [0, 0.05) is 88.0 Å². The molecule has 0 saturated carbocycles. The first-order valence-electron chi connectivity index (χ1n) is 29.4. The highest BCUT2D eigenvalue weighted by atomic mass is 15.2.